The first-order chi connectivity index (χ1) is 48.6. The maximum absolute atomic E-state index is 5.45. The van der Waals surface area contributed by atoms with E-state index in [1.165, 1.54) is 82.3 Å². The van der Waals surface area contributed by atoms with Gasteiger partial charge in [0.05, 0.1) is 33.3 Å². The Hall–Kier alpha value is -13.2. The zero-order valence-corrected chi connectivity index (χ0v) is 52.7. The molecule has 7 heteroatoms. The van der Waals surface area contributed by atoms with Crippen molar-refractivity contribution in [2.75, 3.05) is 0 Å². The van der Waals surface area contributed by atoms with Crippen LogP contribution < -0.4 is 0 Å². The molecule has 0 saturated heterocycles. The zero-order chi connectivity index (χ0) is 64.1. The van der Waals surface area contributed by atoms with Gasteiger partial charge in [0, 0.05) is 66.0 Å². The van der Waals surface area contributed by atoms with Crippen LogP contribution in [0.15, 0.2) is 322 Å². The van der Waals surface area contributed by atoms with E-state index in [1.54, 1.807) is 0 Å². The number of benzene rings is 15. The molecule has 4 aromatic heterocycles. The number of para-hydroxylation sites is 1. The standard InChI is InChI=1S/C91H53N7/c1-5-19-54(20-6-1)55-37-39-60(40-38-55)90-94-89(59-25-11-4-12-26-59)95-91(96-90)98-79-36-14-13-32-67(79)72-47-45-71-76-52-65(49-64-30-18-35-75(82(64)76)84(71)87(72)98)63-41-43-68-73-46-44-70-69-33-16-27-56-28-17-34-74(81(56)69)83(70)86(73)97(80(68)53-63)66-31-15-29-61(50-66)62-42-48-78-77(51-62)85(57-21-7-2-8-22-57)93-88(92-78)58-23-9-3-10-24-58/h1-53H. The van der Waals surface area contributed by atoms with Crippen molar-refractivity contribution in [1.82, 2.24) is 34.1 Å². The monoisotopic (exact) mass is 1240 g/mol. The predicted octanol–water partition coefficient (Wildman–Crippen LogP) is 23.3. The zero-order valence-electron chi connectivity index (χ0n) is 52.7. The van der Waals surface area contributed by atoms with Crippen molar-refractivity contribution in [2.45, 2.75) is 0 Å². The van der Waals surface area contributed by atoms with Crippen molar-refractivity contribution >= 4 is 76.1 Å². The average molecular weight is 1240 g/mol. The first-order valence-electron chi connectivity index (χ1n) is 33.4. The molecular weight excluding hydrogens is 1190 g/mol. The molecule has 21 rings (SSSR count). The largest absolute Gasteiger partial charge is 0.309 e. The fourth-order valence-electron chi connectivity index (χ4n) is 16.0. The van der Waals surface area contributed by atoms with Gasteiger partial charge in [0.25, 0.3) is 0 Å². The second-order valence-corrected chi connectivity index (χ2v) is 25.8. The molecule has 0 atom stereocenters. The molecule has 4 heterocycles. The van der Waals surface area contributed by atoms with Crippen LogP contribution in [0.5, 0.6) is 0 Å². The van der Waals surface area contributed by atoms with Crippen LogP contribution in [0.4, 0.5) is 0 Å². The highest BCUT2D eigenvalue weighted by atomic mass is 15.2. The Morgan fingerprint density at radius 1 is 0.224 bits per heavy atom. The maximum atomic E-state index is 5.45. The van der Waals surface area contributed by atoms with Gasteiger partial charge in [-0.1, -0.05) is 273 Å². The smallest absolute Gasteiger partial charge is 0.238 e. The summed E-state index contributed by atoms with van der Waals surface area (Å²) in [5.74, 6) is 2.48. The van der Waals surface area contributed by atoms with Gasteiger partial charge in [0.2, 0.25) is 5.95 Å². The molecule has 0 N–H and O–H groups in total. The minimum Gasteiger partial charge on any atom is -0.309 e. The molecule has 0 aliphatic heterocycles. The Labute approximate surface area is 563 Å². The molecular formula is C91H53N7. The molecule has 19 aromatic rings. The predicted molar refractivity (Wildman–Crippen MR) is 404 cm³/mol. The Balaban J connectivity index is 0.748. The van der Waals surface area contributed by atoms with Crippen LogP contribution in [-0.2, 0) is 0 Å². The molecule has 0 amide bonds. The lowest BCUT2D eigenvalue weighted by Gasteiger charge is -2.15. The van der Waals surface area contributed by atoms with Crippen LogP contribution in [0.3, 0.4) is 0 Å². The van der Waals surface area contributed by atoms with Crippen LogP contribution in [0, 0.1) is 0 Å². The molecule has 15 aromatic carbocycles. The van der Waals surface area contributed by atoms with Gasteiger partial charge in [-0.3, -0.25) is 4.57 Å². The van der Waals surface area contributed by atoms with Crippen molar-refractivity contribution in [2.24, 2.45) is 0 Å². The van der Waals surface area contributed by atoms with Crippen molar-refractivity contribution in [3.8, 4) is 135 Å². The first-order valence-corrected chi connectivity index (χ1v) is 33.4. The van der Waals surface area contributed by atoms with E-state index >= 15 is 0 Å². The van der Waals surface area contributed by atoms with E-state index in [9.17, 15) is 0 Å². The third-order valence-electron chi connectivity index (χ3n) is 20.4. The molecule has 0 bridgehead atoms. The number of hydrogen-bond donors (Lipinski definition) is 0. The summed E-state index contributed by atoms with van der Waals surface area (Å²) in [6, 6.07) is 116. The SMILES string of the molecule is c1ccc(-c2ccc(-c3nc(-c4ccccc4)nc(-n4c5ccccc5c5ccc6c(c54)-c4cccc5cc(-c7ccc8c9ccc%10c(c9n(-c9cccc(-c%11ccc%12nc(-c%13ccccc%13)nc(-c%13ccccc%13)c%12c%11)c9)c8c7)-c7cccc8cccc-%10c78)cc-6c45)n3)cc2)cc1. The maximum Gasteiger partial charge on any atom is 0.238 e. The quantitative estimate of drug-likeness (QED) is 0.144. The van der Waals surface area contributed by atoms with Gasteiger partial charge in [-0.2, -0.15) is 9.97 Å². The third kappa shape index (κ3) is 8.20. The summed E-state index contributed by atoms with van der Waals surface area (Å²) in [6.45, 7) is 0. The number of fused-ring (bicyclic) bond motifs is 15. The summed E-state index contributed by atoms with van der Waals surface area (Å²) < 4.78 is 4.84. The van der Waals surface area contributed by atoms with Crippen LogP contribution >= 0.6 is 0 Å². The van der Waals surface area contributed by atoms with Crippen molar-refractivity contribution in [3.63, 3.8) is 0 Å². The molecule has 452 valence electrons. The lowest BCUT2D eigenvalue weighted by Crippen LogP contribution is -2.07. The van der Waals surface area contributed by atoms with E-state index in [2.05, 4.69) is 288 Å². The topological polar surface area (TPSA) is 74.3 Å². The summed E-state index contributed by atoms with van der Waals surface area (Å²) in [5, 5.41) is 10.6. The van der Waals surface area contributed by atoms with Crippen LogP contribution in [0.25, 0.3) is 211 Å². The van der Waals surface area contributed by atoms with Crippen molar-refractivity contribution in [3.05, 3.63) is 322 Å². The highest BCUT2D eigenvalue weighted by molar-refractivity contribution is 6.27. The van der Waals surface area contributed by atoms with Gasteiger partial charge in [0.1, 0.15) is 0 Å². The number of rotatable bonds is 9. The van der Waals surface area contributed by atoms with E-state index < -0.39 is 0 Å². The minimum atomic E-state index is 0.562. The van der Waals surface area contributed by atoms with Crippen molar-refractivity contribution in [1.29, 1.82) is 0 Å². The second kappa shape index (κ2) is 21.1. The van der Waals surface area contributed by atoms with Gasteiger partial charge in [-0.05, 0) is 137 Å². The van der Waals surface area contributed by atoms with E-state index in [-0.39, 0.29) is 0 Å². The Morgan fingerprint density at radius 3 is 1.42 bits per heavy atom. The van der Waals surface area contributed by atoms with Crippen LogP contribution in [-0.4, -0.2) is 34.1 Å². The number of nitrogens with zero attached hydrogens (tertiary/aromatic N) is 7. The first kappa shape index (κ1) is 54.2. The van der Waals surface area contributed by atoms with Crippen LogP contribution in [0.1, 0.15) is 0 Å². The molecule has 0 spiro atoms. The summed E-state index contributed by atoms with van der Waals surface area (Å²) >= 11 is 0. The van der Waals surface area contributed by atoms with E-state index in [1.807, 2.05) is 42.5 Å². The molecule has 7 nitrogen and oxygen atoms in total. The lowest BCUT2D eigenvalue weighted by molar-refractivity contribution is 0.954. The van der Waals surface area contributed by atoms with Gasteiger partial charge in [0.15, 0.2) is 17.5 Å². The second-order valence-electron chi connectivity index (χ2n) is 25.8. The van der Waals surface area contributed by atoms with Crippen molar-refractivity contribution < 1.29 is 0 Å². The number of aromatic nitrogens is 7. The Morgan fingerprint density at radius 2 is 0.714 bits per heavy atom. The molecule has 0 radical (unpaired) electrons. The summed E-state index contributed by atoms with van der Waals surface area (Å²) in [6.07, 6.45) is 0. The van der Waals surface area contributed by atoms with Gasteiger partial charge in [-0.25, -0.2) is 15.0 Å². The van der Waals surface area contributed by atoms with Gasteiger partial charge >= 0.3 is 0 Å². The summed E-state index contributed by atoms with van der Waals surface area (Å²) in [7, 11) is 0. The van der Waals surface area contributed by atoms with Gasteiger partial charge in [-0.15, -0.1) is 0 Å². The summed E-state index contributed by atoms with van der Waals surface area (Å²) in [4.78, 5) is 26.5. The van der Waals surface area contributed by atoms with Crippen LogP contribution in [0.2, 0.25) is 0 Å². The number of hydrogen-bond acceptors (Lipinski definition) is 5. The van der Waals surface area contributed by atoms with E-state index in [0.29, 0.717) is 23.4 Å². The highest BCUT2D eigenvalue weighted by Gasteiger charge is 2.31. The normalized spacial score (nSPS) is 12.1. The fourth-order valence-corrected chi connectivity index (χ4v) is 16.0. The highest BCUT2D eigenvalue weighted by Crippen LogP contribution is 2.55. The molecule has 2 aliphatic carbocycles. The molecule has 98 heavy (non-hydrogen) atoms. The Bertz CT molecular complexity index is 6570. The van der Waals surface area contributed by atoms with E-state index in [0.717, 1.165) is 105 Å². The van der Waals surface area contributed by atoms with Gasteiger partial charge < -0.3 is 4.57 Å². The average Bonchev–Trinajstić information content (AvgIpc) is 1.55. The third-order valence-corrected chi connectivity index (χ3v) is 20.4. The molecule has 0 saturated carbocycles. The molecule has 0 unspecified atom stereocenters. The van der Waals surface area contributed by atoms with E-state index in [4.69, 9.17) is 24.9 Å². The lowest BCUT2D eigenvalue weighted by atomic mass is 9.95. The molecule has 0 fully saturated rings. The molecule has 2 aliphatic rings. The minimum absolute atomic E-state index is 0.562. The Kier molecular flexibility index (Phi) is 11.7. The summed E-state index contributed by atoms with van der Waals surface area (Å²) in [5.41, 5.74) is 27.7. The fraction of sp³-hybridized carbons (Fsp3) is 0.